The molecule has 1 aromatic heterocycles. The van der Waals surface area contributed by atoms with Crippen LogP contribution in [0.15, 0.2) is 12.3 Å². The van der Waals surface area contributed by atoms with Gasteiger partial charge in [0.1, 0.15) is 0 Å². The van der Waals surface area contributed by atoms with E-state index in [0.29, 0.717) is 18.7 Å². The fraction of sp³-hybridized carbons (Fsp3) is 0.417. The van der Waals surface area contributed by atoms with Crippen LogP contribution in [0, 0.1) is 0 Å². The summed E-state index contributed by atoms with van der Waals surface area (Å²) in [5, 5.41) is 0. The van der Waals surface area contributed by atoms with Gasteiger partial charge in [0.05, 0.1) is 26.9 Å². The van der Waals surface area contributed by atoms with Crippen molar-refractivity contribution in [1.82, 2.24) is 9.97 Å². The Morgan fingerprint density at radius 1 is 1.33 bits per heavy atom. The van der Waals surface area contributed by atoms with Crippen molar-refractivity contribution < 1.29 is 19.0 Å². The molecule has 0 spiro atoms. The summed E-state index contributed by atoms with van der Waals surface area (Å²) in [5.41, 5.74) is 0.725. The smallest absolute Gasteiger partial charge is 0.319 e. The van der Waals surface area contributed by atoms with Crippen LogP contribution >= 0.6 is 0 Å². The van der Waals surface area contributed by atoms with Crippen LogP contribution in [0.25, 0.3) is 6.08 Å². The van der Waals surface area contributed by atoms with Gasteiger partial charge in [-0.3, -0.25) is 4.79 Å². The molecule has 0 fully saturated rings. The monoisotopic (exact) mass is 252 g/mol. The van der Waals surface area contributed by atoms with Crippen molar-refractivity contribution in [3.8, 4) is 11.9 Å². The molecule has 0 aliphatic rings. The second kappa shape index (κ2) is 7.26. The van der Waals surface area contributed by atoms with Crippen molar-refractivity contribution >= 4 is 12.0 Å². The number of esters is 1. The first-order valence-electron chi connectivity index (χ1n) is 5.39. The number of allylic oxidation sites excluding steroid dienone is 1. The zero-order chi connectivity index (χ0) is 13.4. The molecule has 0 N–H and O–H groups in total. The largest absolute Gasteiger partial charge is 0.480 e. The van der Waals surface area contributed by atoms with Crippen LogP contribution in [-0.4, -0.2) is 37.3 Å². The highest BCUT2D eigenvalue weighted by Crippen LogP contribution is 2.18. The van der Waals surface area contributed by atoms with Crippen molar-refractivity contribution in [2.75, 3.05) is 21.3 Å². The maximum atomic E-state index is 10.9. The summed E-state index contributed by atoms with van der Waals surface area (Å²) in [5.74, 6) is 0.189. The van der Waals surface area contributed by atoms with Crippen LogP contribution in [0.4, 0.5) is 0 Å². The van der Waals surface area contributed by atoms with Crippen molar-refractivity contribution in [2.45, 2.75) is 12.8 Å². The zero-order valence-corrected chi connectivity index (χ0v) is 10.7. The van der Waals surface area contributed by atoms with Crippen LogP contribution in [0.5, 0.6) is 11.9 Å². The molecule has 0 unspecified atom stereocenters. The molecule has 0 atom stereocenters. The summed E-state index contributed by atoms with van der Waals surface area (Å²) in [6, 6.07) is 0.249. The maximum Gasteiger partial charge on any atom is 0.319 e. The van der Waals surface area contributed by atoms with Gasteiger partial charge in [-0.2, -0.15) is 4.98 Å². The fourth-order valence-corrected chi connectivity index (χ4v) is 1.25. The molecule has 0 aromatic carbocycles. The van der Waals surface area contributed by atoms with Gasteiger partial charge in [0, 0.05) is 12.6 Å². The Hall–Kier alpha value is -2.11. The Morgan fingerprint density at radius 3 is 2.72 bits per heavy atom. The van der Waals surface area contributed by atoms with Gasteiger partial charge in [0.25, 0.3) is 0 Å². The van der Waals surface area contributed by atoms with E-state index in [1.165, 1.54) is 21.3 Å². The van der Waals surface area contributed by atoms with Crippen molar-refractivity contribution in [1.29, 1.82) is 0 Å². The predicted octanol–water partition coefficient (Wildman–Crippen LogP) is 1.46. The van der Waals surface area contributed by atoms with Crippen LogP contribution in [-0.2, 0) is 9.53 Å². The lowest BCUT2D eigenvalue weighted by atomic mass is 10.2. The molecule has 0 bridgehead atoms. The number of nitrogens with zero attached hydrogens (tertiary/aromatic N) is 2. The number of hydrogen-bond acceptors (Lipinski definition) is 6. The summed E-state index contributed by atoms with van der Waals surface area (Å²) >= 11 is 0. The minimum absolute atomic E-state index is 0.238. The first-order valence-corrected chi connectivity index (χ1v) is 5.39. The molecule has 0 amide bonds. The molecular weight excluding hydrogens is 236 g/mol. The summed E-state index contributed by atoms with van der Waals surface area (Å²) < 4.78 is 14.5. The molecule has 0 aliphatic heterocycles. The molecule has 0 aliphatic carbocycles. The highest BCUT2D eigenvalue weighted by molar-refractivity contribution is 5.69. The normalized spacial score (nSPS) is 10.4. The Kier molecular flexibility index (Phi) is 5.63. The van der Waals surface area contributed by atoms with E-state index in [2.05, 4.69) is 14.7 Å². The van der Waals surface area contributed by atoms with Crippen LogP contribution in [0.1, 0.15) is 18.4 Å². The lowest BCUT2D eigenvalue weighted by molar-refractivity contribution is -0.140. The van der Waals surface area contributed by atoms with Gasteiger partial charge in [-0.05, 0) is 6.42 Å². The minimum atomic E-state index is -0.238. The summed E-state index contributed by atoms with van der Waals surface area (Å²) in [4.78, 5) is 18.9. The first-order chi connectivity index (χ1) is 8.71. The average molecular weight is 252 g/mol. The molecular formula is C12H16N2O4. The van der Waals surface area contributed by atoms with E-state index in [1.54, 1.807) is 12.3 Å². The fourth-order valence-electron chi connectivity index (χ4n) is 1.25. The number of hydrogen-bond donors (Lipinski definition) is 0. The third kappa shape index (κ3) is 4.04. The van der Waals surface area contributed by atoms with E-state index in [9.17, 15) is 4.79 Å². The van der Waals surface area contributed by atoms with Crippen LogP contribution in [0.3, 0.4) is 0 Å². The molecule has 6 heteroatoms. The van der Waals surface area contributed by atoms with Gasteiger partial charge in [0.15, 0.2) is 0 Å². The number of ether oxygens (including phenoxy) is 3. The molecule has 0 saturated carbocycles. The van der Waals surface area contributed by atoms with E-state index in [1.807, 2.05) is 6.08 Å². The summed E-state index contributed by atoms with van der Waals surface area (Å²) in [6.45, 7) is 0. The van der Waals surface area contributed by atoms with E-state index in [4.69, 9.17) is 9.47 Å². The molecule has 6 nitrogen and oxygen atoms in total. The van der Waals surface area contributed by atoms with Crippen molar-refractivity contribution in [3.63, 3.8) is 0 Å². The highest BCUT2D eigenvalue weighted by Gasteiger charge is 2.05. The Bertz CT molecular complexity index is 432. The summed E-state index contributed by atoms with van der Waals surface area (Å²) in [7, 11) is 4.38. The van der Waals surface area contributed by atoms with E-state index in [0.717, 1.165) is 5.56 Å². The Balaban J connectivity index is 2.66. The first kappa shape index (κ1) is 14.0. The quantitative estimate of drug-likeness (QED) is 0.714. The van der Waals surface area contributed by atoms with Gasteiger partial charge in [-0.1, -0.05) is 12.2 Å². The van der Waals surface area contributed by atoms with E-state index in [-0.39, 0.29) is 12.0 Å². The second-order valence-electron chi connectivity index (χ2n) is 3.34. The molecule has 18 heavy (non-hydrogen) atoms. The number of carbonyl (C=O) groups is 1. The van der Waals surface area contributed by atoms with E-state index >= 15 is 0 Å². The van der Waals surface area contributed by atoms with Gasteiger partial charge >= 0.3 is 12.0 Å². The SMILES string of the molecule is COC(=O)CC/C=C/c1cnc(OC)nc1OC. The maximum absolute atomic E-state index is 10.9. The average Bonchev–Trinajstić information content (AvgIpc) is 2.43. The van der Waals surface area contributed by atoms with E-state index < -0.39 is 0 Å². The number of aromatic nitrogens is 2. The van der Waals surface area contributed by atoms with Crippen LogP contribution in [0.2, 0.25) is 0 Å². The summed E-state index contributed by atoms with van der Waals surface area (Å²) in [6.07, 6.45) is 6.15. The molecule has 98 valence electrons. The lowest BCUT2D eigenvalue weighted by Crippen LogP contribution is -1.98. The van der Waals surface area contributed by atoms with Crippen molar-refractivity contribution in [3.05, 3.63) is 17.8 Å². The third-order valence-electron chi connectivity index (χ3n) is 2.17. The minimum Gasteiger partial charge on any atom is -0.480 e. The van der Waals surface area contributed by atoms with Gasteiger partial charge in [0.2, 0.25) is 5.88 Å². The number of methoxy groups -OCH3 is 3. The second-order valence-corrected chi connectivity index (χ2v) is 3.34. The number of rotatable bonds is 6. The predicted molar refractivity (Wildman–Crippen MR) is 65.4 cm³/mol. The highest BCUT2D eigenvalue weighted by atomic mass is 16.5. The van der Waals surface area contributed by atoms with Crippen LogP contribution < -0.4 is 9.47 Å². The van der Waals surface area contributed by atoms with Gasteiger partial charge in [-0.15, -0.1) is 0 Å². The standard InChI is InChI=1S/C12H16N2O4/c1-16-10(15)7-5-4-6-9-8-13-12(18-3)14-11(9)17-2/h4,6,8H,5,7H2,1-3H3/b6-4+. The molecule has 1 heterocycles. The molecule has 1 aromatic rings. The van der Waals surface area contributed by atoms with Gasteiger partial charge in [-0.25, -0.2) is 4.98 Å². The van der Waals surface area contributed by atoms with Gasteiger partial charge < -0.3 is 14.2 Å². The zero-order valence-electron chi connectivity index (χ0n) is 10.7. The lowest BCUT2D eigenvalue weighted by Gasteiger charge is -2.04. The third-order valence-corrected chi connectivity index (χ3v) is 2.17. The molecule has 0 saturated heterocycles. The molecule has 1 rings (SSSR count). The number of carbonyl (C=O) groups excluding carboxylic acids is 1. The van der Waals surface area contributed by atoms with Crippen molar-refractivity contribution in [2.24, 2.45) is 0 Å². The molecule has 0 radical (unpaired) electrons. The Labute approximate surface area is 106 Å². The topological polar surface area (TPSA) is 70.5 Å². The Morgan fingerprint density at radius 2 is 2.11 bits per heavy atom.